The van der Waals surface area contributed by atoms with Gasteiger partial charge in [-0.25, -0.2) is 4.39 Å². The lowest BCUT2D eigenvalue weighted by Crippen LogP contribution is -2.45. The van der Waals surface area contributed by atoms with Gasteiger partial charge in [-0.2, -0.15) is 0 Å². The number of hydrogen-bond donors (Lipinski definition) is 1. The molecule has 0 aliphatic carbocycles. The smallest absolute Gasteiger partial charge is 0.272 e. The van der Waals surface area contributed by atoms with Gasteiger partial charge in [-0.1, -0.05) is 11.6 Å². The Labute approximate surface area is 82.2 Å². The van der Waals surface area contributed by atoms with Crippen LogP contribution in [0.1, 0.15) is 12.8 Å². The van der Waals surface area contributed by atoms with E-state index in [4.69, 9.17) is 11.6 Å². The Hall–Kier alpha value is -0.350. The summed E-state index contributed by atoms with van der Waals surface area (Å²) in [5.41, 5.74) is -1.88. The lowest BCUT2D eigenvalue weighted by molar-refractivity contribution is -0.134. The molecule has 1 rings (SSSR count). The first kappa shape index (κ1) is 10.7. The summed E-state index contributed by atoms with van der Waals surface area (Å²) in [5, 5.41) is 3.13. The molecule has 1 atom stereocenters. The monoisotopic (exact) mass is 208 g/mol. The van der Waals surface area contributed by atoms with E-state index >= 15 is 0 Å². The molecule has 0 spiro atoms. The number of piperidine rings is 1. The highest BCUT2D eigenvalue weighted by molar-refractivity contribution is 6.29. The number of amides is 1. The molecule has 0 saturated carbocycles. The lowest BCUT2D eigenvalue weighted by Gasteiger charge is -2.31. The molecule has 13 heavy (non-hydrogen) atoms. The predicted molar refractivity (Wildman–Crippen MR) is 49.4 cm³/mol. The van der Waals surface area contributed by atoms with E-state index in [9.17, 15) is 9.18 Å². The molecule has 3 nitrogen and oxygen atoms in total. The highest BCUT2D eigenvalue weighted by Gasteiger charge is 2.25. The summed E-state index contributed by atoms with van der Waals surface area (Å²) in [4.78, 5) is 12.6. The molecule has 0 aromatic rings. The van der Waals surface area contributed by atoms with E-state index in [0.29, 0.717) is 19.1 Å². The van der Waals surface area contributed by atoms with E-state index in [2.05, 4.69) is 5.32 Å². The Balaban J connectivity index is 2.36. The number of nitrogens with zero attached hydrogens (tertiary/aromatic N) is 1. The Morgan fingerprint density at radius 2 is 2.15 bits per heavy atom. The second-order valence-corrected chi connectivity index (χ2v) is 3.57. The van der Waals surface area contributed by atoms with Gasteiger partial charge >= 0.3 is 0 Å². The Morgan fingerprint density at radius 1 is 1.62 bits per heavy atom. The van der Waals surface area contributed by atoms with E-state index in [-0.39, 0.29) is 0 Å². The molecular formula is C8H14ClFN2O. The lowest BCUT2D eigenvalue weighted by atomic mass is 10.1. The normalized spacial score (nSPS) is 21.6. The quantitative estimate of drug-likeness (QED) is 0.679. The van der Waals surface area contributed by atoms with Crippen LogP contribution in [0.3, 0.4) is 0 Å². The fourth-order valence-electron chi connectivity index (χ4n) is 1.53. The maximum Gasteiger partial charge on any atom is 0.272 e. The van der Waals surface area contributed by atoms with Crippen molar-refractivity contribution in [3.63, 3.8) is 0 Å². The van der Waals surface area contributed by atoms with Crippen LogP contribution in [0.2, 0.25) is 0 Å². The molecule has 76 valence electrons. The molecule has 0 bridgehead atoms. The van der Waals surface area contributed by atoms with Crippen LogP contribution < -0.4 is 5.32 Å². The van der Waals surface area contributed by atoms with Crippen LogP contribution >= 0.6 is 11.6 Å². The van der Waals surface area contributed by atoms with Crippen molar-refractivity contribution in [1.82, 2.24) is 10.2 Å². The number of carbonyl (C=O) groups excluding carboxylic acids is 1. The average Bonchev–Trinajstić information content (AvgIpc) is 2.17. The summed E-state index contributed by atoms with van der Waals surface area (Å²) >= 11 is 5.06. The van der Waals surface area contributed by atoms with Crippen molar-refractivity contribution in [2.75, 3.05) is 20.1 Å². The first-order chi connectivity index (χ1) is 6.15. The van der Waals surface area contributed by atoms with Crippen LogP contribution in [0.15, 0.2) is 0 Å². The third-order valence-corrected chi connectivity index (χ3v) is 2.59. The van der Waals surface area contributed by atoms with Crippen LogP contribution in [-0.4, -0.2) is 42.6 Å². The zero-order valence-corrected chi connectivity index (χ0v) is 8.35. The Bertz CT molecular complexity index is 181. The predicted octanol–water partition coefficient (Wildman–Crippen LogP) is 0.731. The minimum Gasteiger partial charge on any atom is -0.339 e. The maximum absolute atomic E-state index is 12.4. The molecule has 1 saturated heterocycles. The molecule has 0 radical (unpaired) electrons. The van der Waals surface area contributed by atoms with Gasteiger partial charge in [0.2, 0.25) is 0 Å². The molecule has 1 aliphatic heterocycles. The fraction of sp³-hybridized carbons (Fsp3) is 0.875. The van der Waals surface area contributed by atoms with Crippen LogP contribution in [0.5, 0.6) is 0 Å². The molecule has 1 heterocycles. The molecule has 1 unspecified atom stereocenters. The summed E-state index contributed by atoms with van der Waals surface area (Å²) in [5.74, 6) is -0.601. The van der Waals surface area contributed by atoms with Gasteiger partial charge in [-0.05, 0) is 19.9 Å². The molecular weight excluding hydrogens is 195 g/mol. The summed E-state index contributed by atoms with van der Waals surface area (Å²) in [6.45, 7) is 1.19. The largest absolute Gasteiger partial charge is 0.339 e. The zero-order valence-electron chi connectivity index (χ0n) is 7.59. The maximum atomic E-state index is 12.4. The van der Waals surface area contributed by atoms with Crippen molar-refractivity contribution in [3.05, 3.63) is 0 Å². The minimum atomic E-state index is -1.88. The zero-order chi connectivity index (χ0) is 9.84. The number of rotatable bonds is 2. The summed E-state index contributed by atoms with van der Waals surface area (Å²) in [7, 11) is 1.89. The van der Waals surface area contributed by atoms with Gasteiger partial charge in [-0.3, -0.25) is 4.79 Å². The summed E-state index contributed by atoms with van der Waals surface area (Å²) in [6, 6.07) is 0.442. The highest BCUT2D eigenvalue weighted by Crippen LogP contribution is 2.13. The number of nitrogens with one attached hydrogen (secondary N) is 1. The Kier molecular flexibility index (Phi) is 3.93. The van der Waals surface area contributed by atoms with Gasteiger partial charge in [0.1, 0.15) is 0 Å². The first-order valence-electron chi connectivity index (χ1n) is 4.39. The van der Waals surface area contributed by atoms with Crippen molar-refractivity contribution in [2.45, 2.75) is 24.5 Å². The van der Waals surface area contributed by atoms with Gasteiger partial charge in [0, 0.05) is 19.1 Å². The van der Waals surface area contributed by atoms with Crippen LogP contribution in [0.25, 0.3) is 0 Å². The van der Waals surface area contributed by atoms with E-state index in [1.54, 1.807) is 0 Å². The molecule has 1 aliphatic rings. The van der Waals surface area contributed by atoms with Gasteiger partial charge in [0.05, 0.1) is 0 Å². The third kappa shape index (κ3) is 2.81. The second-order valence-electron chi connectivity index (χ2n) is 3.19. The number of likely N-dealkylation sites (tertiary alicyclic amines) is 1. The standard InChI is InChI=1S/C8H14ClFN2O/c1-11-6-2-4-12(5-3-6)8(13)7(9)10/h6-7,11H,2-5H2,1H3. The Morgan fingerprint density at radius 3 is 2.54 bits per heavy atom. The molecule has 5 heteroatoms. The fourth-order valence-corrected chi connectivity index (χ4v) is 1.66. The molecule has 1 fully saturated rings. The minimum absolute atomic E-state index is 0.442. The number of carbonyl (C=O) groups is 1. The van der Waals surface area contributed by atoms with Crippen molar-refractivity contribution in [2.24, 2.45) is 0 Å². The molecule has 1 amide bonds. The van der Waals surface area contributed by atoms with Crippen LogP contribution in [-0.2, 0) is 4.79 Å². The van der Waals surface area contributed by atoms with Crippen molar-refractivity contribution >= 4 is 17.5 Å². The van der Waals surface area contributed by atoms with Crippen LogP contribution in [0.4, 0.5) is 4.39 Å². The SMILES string of the molecule is CNC1CCN(C(=O)C(F)Cl)CC1. The average molecular weight is 209 g/mol. The number of hydrogen-bond acceptors (Lipinski definition) is 2. The first-order valence-corrected chi connectivity index (χ1v) is 4.83. The number of alkyl halides is 2. The van der Waals surface area contributed by atoms with Gasteiger partial charge in [-0.15, -0.1) is 0 Å². The summed E-state index contributed by atoms with van der Waals surface area (Å²) in [6.07, 6.45) is 1.73. The summed E-state index contributed by atoms with van der Waals surface area (Å²) < 4.78 is 12.4. The second kappa shape index (κ2) is 4.77. The van der Waals surface area contributed by atoms with E-state index in [1.165, 1.54) is 4.90 Å². The van der Waals surface area contributed by atoms with Crippen molar-refractivity contribution < 1.29 is 9.18 Å². The third-order valence-electron chi connectivity index (χ3n) is 2.40. The van der Waals surface area contributed by atoms with Crippen LogP contribution in [0, 0.1) is 0 Å². The van der Waals surface area contributed by atoms with E-state index in [1.807, 2.05) is 7.05 Å². The van der Waals surface area contributed by atoms with E-state index in [0.717, 1.165) is 12.8 Å². The van der Waals surface area contributed by atoms with E-state index < -0.39 is 11.5 Å². The topological polar surface area (TPSA) is 32.3 Å². The van der Waals surface area contributed by atoms with Gasteiger partial charge < -0.3 is 10.2 Å². The number of halogens is 2. The van der Waals surface area contributed by atoms with Crippen molar-refractivity contribution in [3.8, 4) is 0 Å². The molecule has 1 N–H and O–H groups in total. The highest BCUT2D eigenvalue weighted by atomic mass is 35.5. The molecule has 0 aromatic heterocycles. The van der Waals surface area contributed by atoms with Crippen molar-refractivity contribution in [1.29, 1.82) is 0 Å². The van der Waals surface area contributed by atoms with Gasteiger partial charge in [0.25, 0.3) is 11.5 Å². The molecule has 0 aromatic carbocycles. The van der Waals surface area contributed by atoms with Gasteiger partial charge in [0.15, 0.2) is 0 Å².